The fourth-order valence-corrected chi connectivity index (χ4v) is 3.82. The maximum Gasteiger partial charge on any atom is 0.133 e. The molecule has 0 fully saturated rings. The average molecular weight is 419 g/mol. The molecule has 3 heterocycles. The third-order valence-electron chi connectivity index (χ3n) is 5.60. The largest absolute Gasteiger partial charge is 0.497 e. The highest BCUT2D eigenvalue weighted by Gasteiger charge is 2.23. The molecule has 4 rings (SSSR count). The third kappa shape index (κ3) is 4.69. The summed E-state index contributed by atoms with van der Waals surface area (Å²) in [5.74, 6) is 2.49. The number of ether oxygens (including phenoxy) is 2. The first kappa shape index (κ1) is 21.2. The Kier molecular flexibility index (Phi) is 5.92. The van der Waals surface area contributed by atoms with Crippen molar-refractivity contribution in [3.8, 4) is 22.8 Å². The summed E-state index contributed by atoms with van der Waals surface area (Å²) >= 11 is 0. The molecule has 1 aliphatic heterocycles. The lowest BCUT2D eigenvalue weighted by Crippen LogP contribution is -2.32. The molecule has 0 radical (unpaired) electrons. The maximum absolute atomic E-state index is 5.50. The minimum absolute atomic E-state index is 0.0228. The van der Waals surface area contributed by atoms with Gasteiger partial charge in [-0.05, 0) is 29.8 Å². The van der Waals surface area contributed by atoms with E-state index in [4.69, 9.17) is 19.4 Å². The van der Waals surface area contributed by atoms with Crippen LogP contribution in [0.2, 0.25) is 0 Å². The highest BCUT2D eigenvalue weighted by Crippen LogP contribution is 2.32. The Hall–Kier alpha value is -2.99. The summed E-state index contributed by atoms with van der Waals surface area (Å²) < 4.78 is 10.9. The molecule has 3 aromatic rings. The van der Waals surface area contributed by atoms with E-state index in [1.165, 1.54) is 16.8 Å². The minimum Gasteiger partial charge on any atom is -0.497 e. The summed E-state index contributed by atoms with van der Waals surface area (Å²) in [4.78, 5) is 16.6. The van der Waals surface area contributed by atoms with E-state index in [1.807, 2.05) is 36.7 Å². The number of hydrogen-bond donors (Lipinski definition) is 0. The van der Waals surface area contributed by atoms with Gasteiger partial charge in [-0.15, -0.1) is 0 Å². The third-order valence-corrected chi connectivity index (χ3v) is 5.60. The van der Waals surface area contributed by atoms with Gasteiger partial charge in [0.25, 0.3) is 0 Å². The summed E-state index contributed by atoms with van der Waals surface area (Å²) in [5, 5.41) is 0. The smallest absolute Gasteiger partial charge is 0.133 e. The molecule has 1 aliphatic rings. The van der Waals surface area contributed by atoms with Gasteiger partial charge < -0.3 is 9.47 Å². The van der Waals surface area contributed by atoms with Crippen LogP contribution in [-0.4, -0.2) is 40.6 Å². The number of aromatic nitrogens is 3. The fourth-order valence-electron chi connectivity index (χ4n) is 3.82. The molecule has 6 heteroatoms. The molecule has 2 aromatic heterocycles. The summed E-state index contributed by atoms with van der Waals surface area (Å²) in [6, 6.07) is 9.93. The molecule has 0 bridgehead atoms. The van der Waals surface area contributed by atoms with Crippen LogP contribution in [-0.2, 0) is 24.9 Å². The number of benzene rings is 1. The summed E-state index contributed by atoms with van der Waals surface area (Å²) in [6.07, 6.45) is 4.90. The van der Waals surface area contributed by atoms with E-state index in [9.17, 15) is 0 Å². The first-order valence-electron chi connectivity index (χ1n) is 10.6. The monoisotopic (exact) mass is 418 g/mol. The van der Waals surface area contributed by atoms with Crippen molar-refractivity contribution in [2.45, 2.75) is 45.7 Å². The number of hydrogen-bond acceptors (Lipinski definition) is 6. The Morgan fingerprint density at radius 3 is 2.52 bits per heavy atom. The normalized spacial score (nSPS) is 14.2. The van der Waals surface area contributed by atoms with Crippen LogP contribution in [0.3, 0.4) is 0 Å². The molecule has 0 aliphatic carbocycles. The second-order valence-electron chi connectivity index (χ2n) is 8.99. The summed E-state index contributed by atoms with van der Waals surface area (Å²) in [5.41, 5.74) is 5.37. The van der Waals surface area contributed by atoms with Crippen molar-refractivity contribution in [1.82, 2.24) is 19.9 Å². The first-order chi connectivity index (χ1) is 14.9. The molecular formula is C25H30N4O2. The van der Waals surface area contributed by atoms with E-state index in [0.717, 1.165) is 54.6 Å². The number of rotatable bonds is 5. The lowest BCUT2D eigenvalue weighted by molar-refractivity contribution is 0.242. The quantitative estimate of drug-likeness (QED) is 0.612. The zero-order valence-corrected chi connectivity index (χ0v) is 19.0. The summed E-state index contributed by atoms with van der Waals surface area (Å²) in [7, 11) is 3.33. The van der Waals surface area contributed by atoms with Crippen molar-refractivity contribution in [3.63, 3.8) is 0 Å². The van der Waals surface area contributed by atoms with Crippen molar-refractivity contribution in [2.24, 2.45) is 0 Å². The molecule has 0 amide bonds. The van der Waals surface area contributed by atoms with E-state index in [0.29, 0.717) is 0 Å². The van der Waals surface area contributed by atoms with Crippen LogP contribution in [0.15, 0.2) is 42.7 Å². The van der Waals surface area contributed by atoms with E-state index < -0.39 is 0 Å². The van der Waals surface area contributed by atoms with Crippen LogP contribution in [0.4, 0.5) is 0 Å². The first-order valence-corrected chi connectivity index (χ1v) is 10.6. The van der Waals surface area contributed by atoms with Gasteiger partial charge in [0.15, 0.2) is 0 Å². The van der Waals surface area contributed by atoms with Gasteiger partial charge in [0.05, 0.1) is 19.9 Å². The molecule has 0 spiro atoms. The molecule has 0 unspecified atom stereocenters. The molecule has 162 valence electrons. The molecule has 0 saturated heterocycles. The second-order valence-corrected chi connectivity index (χ2v) is 8.99. The molecule has 0 N–H and O–H groups in total. The van der Waals surface area contributed by atoms with Crippen molar-refractivity contribution < 1.29 is 9.47 Å². The van der Waals surface area contributed by atoms with Gasteiger partial charge >= 0.3 is 0 Å². The fraction of sp³-hybridized carbons (Fsp3) is 0.400. The van der Waals surface area contributed by atoms with Crippen molar-refractivity contribution in [3.05, 3.63) is 65.4 Å². The Balaban J connectivity index is 1.47. The molecule has 0 atom stereocenters. The average Bonchev–Trinajstić information content (AvgIpc) is 2.78. The predicted molar refractivity (Wildman–Crippen MR) is 121 cm³/mol. The molecule has 0 saturated carbocycles. The minimum atomic E-state index is -0.0228. The number of fused-ring (bicyclic) bond motifs is 1. The van der Waals surface area contributed by atoms with Gasteiger partial charge in [-0.1, -0.05) is 26.8 Å². The van der Waals surface area contributed by atoms with Crippen LogP contribution < -0.4 is 9.47 Å². The second kappa shape index (κ2) is 8.63. The van der Waals surface area contributed by atoms with Gasteiger partial charge in [0, 0.05) is 60.7 Å². The van der Waals surface area contributed by atoms with Crippen molar-refractivity contribution in [2.75, 3.05) is 20.8 Å². The van der Waals surface area contributed by atoms with Gasteiger partial charge in [0.1, 0.15) is 17.3 Å². The van der Waals surface area contributed by atoms with Crippen LogP contribution in [0, 0.1) is 0 Å². The van der Waals surface area contributed by atoms with Crippen LogP contribution in [0.1, 0.15) is 43.4 Å². The highest BCUT2D eigenvalue weighted by molar-refractivity contribution is 5.69. The SMILES string of the molecule is COc1ccc(OC)c(-c2ccc(CN3CCc4nc(C(C)(C)C)ncc4C3)cn2)c1. The number of methoxy groups -OCH3 is 2. The Labute approximate surface area is 184 Å². The highest BCUT2D eigenvalue weighted by atomic mass is 16.5. The Morgan fingerprint density at radius 1 is 1.00 bits per heavy atom. The maximum atomic E-state index is 5.50. The lowest BCUT2D eigenvalue weighted by atomic mass is 9.95. The van der Waals surface area contributed by atoms with Crippen molar-refractivity contribution in [1.29, 1.82) is 0 Å². The zero-order chi connectivity index (χ0) is 22.0. The standard InChI is InChI=1S/C25H30N4O2/c1-25(2,3)24-27-14-18-16-29(11-10-21(18)28-24)15-17-6-8-22(26-13-17)20-12-19(30-4)7-9-23(20)31-5/h6-9,12-14H,10-11,15-16H2,1-5H3. The topological polar surface area (TPSA) is 60.4 Å². The van der Waals surface area contributed by atoms with Gasteiger partial charge in [-0.25, -0.2) is 9.97 Å². The number of pyridine rings is 1. The van der Waals surface area contributed by atoms with Gasteiger partial charge in [-0.2, -0.15) is 0 Å². The van der Waals surface area contributed by atoms with Crippen LogP contribution >= 0.6 is 0 Å². The van der Waals surface area contributed by atoms with Crippen LogP contribution in [0.25, 0.3) is 11.3 Å². The molecule has 6 nitrogen and oxygen atoms in total. The van der Waals surface area contributed by atoms with Gasteiger partial charge in [0.2, 0.25) is 0 Å². The van der Waals surface area contributed by atoms with Gasteiger partial charge in [-0.3, -0.25) is 9.88 Å². The predicted octanol–water partition coefficient (Wildman–Crippen LogP) is 4.41. The zero-order valence-electron chi connectivity index (χ0n) is 19.0. The van der Waals surface area contributed by atoms with E-state index >= 15 is 0 Å². The van der Waals surface area contributed by atoms with E-state index in [2.05, 4.69) is 36.7 Å². The number of nitrogens with zero attached hydrogens (tertiary/aromatic N) is 4. The van der Waals surface area contributed by atoms with Crippen LogP contribution in [0.5, 0.6) is 11.5 Å². The van der Waals surface area contributed by atoms with E-state index in [-0.39, 0.29) is 5.41 Å². The lowest BCUT2D eigenvalue weighted by Gasteiger charge is -2.29. The summed E-state index contributed by atoms with van der Waals surface area (Å²) in [6.45, 7) is 9.16. The Bertz CT molecular complexity index is 1060. The molecule has 31 heavy (non-hydrogen) atoms. The van der Waals surface area contributed by atoms with E-state index in [1.54, 1.807) is 14.2 Å². The van der Waals surface area contributed by atoms with Crippen molar-refractivity contribution >= 4 is 0 Å². The molecule has 1 aromatic carbocycles. The molecular weight excluding hydrogens is 388 g/mol. The Morgan fingerprint density at radius 2 is 1.84 bits per heavy atom.